The molecule has 3 heterocycles. The molecule has 6 rings (SSSR count). The van der Waals surface area contributed by atoms with Crippen molar-refractivity contribution in [1.82, 2.24) is 0 Å². The summed E-state index contributed by atoms with van der Waals surface area (Å²) in [6.45, 7) is 0. The minimum Gasteiger partial charge on any atom is -0.422 e. The summed E-state index contributed by atoms with van der Waals surface area (Å²) in [5.41, 5.74) is 0.298. The number of nitro groups is 1. The van der Waals surface area contributed by atoms with E-state index >= 15 is 0 Å². The SMILES string of the molecule is O=C1OC(c2sc3cc([N+](=O)[O-])ccc3c2Cl)=N/C1=C/c1ccccc1OC(=O)c1sc2ccccc2c1Cl. The number of halogens is 2. The Morgan fingerprint density at radius 3 is 2.51 bits per heavy atom. The molecule has 0 saturated heterocycles. The van der Waals surface area contributed by atoms with Gasteiger partial charge in [0.25, 0.3) is 5.69 Å². The van der Waals surface area contributed by atoms with Gasteiger partial charge in [0, 0.05) is 37.9 Å². The molecule has 5 aromatic rings. The summed E-state index contributed by atoms with van der Waals surface area (Å²) in [6, 6.07) is 18.3. The first-order chi connectivity index (χ1) is 18.8. The summed E-state index contributed by atoms with van der Waals surface area (Å²) < 4.78 is 12.4. The third-order valence-electron chi connectivity index (χ3n) is 5.77. The number of carbonyl (C=O) groups is 2. The number of benzene rings is 3. The fourth-order valence-corrected chi connectivity index (χ4v) is 6.80. The maximum Gasteiger partial charge on any atom is 0.363 e. The molecule has 192 valence electrons. The number of fused-ring (bicyclic) bond motifs is 2. The van der Waals surface area contributed by atoms with Crippen LogP contribution in [0.5, 0.6) is 5.75 Å². The van der Waals surface area contributed by atoms with Gasteiger partial charge in [-0.3, -0.25) is 10.1 Å². The van der Waals surface area contributed by atoms with Crippen molar-refractivity contribution in [2.45, 2.75) is 0 Å². The second kappa shape index (κ2) is 9.90. The predicted octanol–water partition coefficient (Wildman–Crippen LogP) is 7.89. The minimum atomic E-state index is -0.724. The summed E-state index contributed by atoms with van der Waals surface area (Å²) in [5, 5.41) is 13.0. The van der Waals surface area contributed by atoms with E-state index in [0.29, 0.717) is 25.5 Å². The maximum atomic E-state index is 13.0. The highest BCUT2D eigenvalue weighted by Gasteiger charge is 2.29. The van der Waals surface area contributed by atoms with Crippen molar-refractivity contribution >= 4 is 95.6 Å². The molecule has 0 aliphatic carbocycles. The molecule has 2 aromatic heterocycles. The van der Waals surface area contributed by atoms with Crippen LogP contribution in [0.15, 0.2) is 77.4 Å². The third kappa shape index (κ3) is 4.57. The number of ether oxygens (including phenoxy) is 2. The Morgan fingerprint density at radius 1 is 0.974 bits per heavy atom. The fourth-order valence-electron chi connectivity index (χ4n) is 3.94. The van der Waals surface area contributed by atoms with E-state index in [-0.39, 0.29) is 32.9 Å². The predicted molar refractivity (Wildman–Crippen MR) is 152 cm³/mol. The van der Waals surface area contributed by atoms with Gasteiger partial charge in [-0.25, -0.2) is 14.6 Å². The van der Waals surface area contributed by atoms with Gasteiger partial charge in [-0.2, -0.15) is 0 Å². The standard InChI is InChI=1S/C27H12Cl2N2O6S2/c28-21-16-10-9-14(31(34)35)12-20(16)39-23(21)25-30-17(26(32)37-25)11-13-5-1-3-7-18(13)36-27(33)24-22(29)15-6-2-4-8-19(15)38-24/h1-12H/b17-11+. The molecule has 39 heavy (non-hydrogen) atoms. The van der Waals surface area contributed by atoms with Crippen molar-refractivity contribution in [2.75, 3.05) is 0 Å². The van der Waals surface area contributed by atoms with E-state index in [1.165, 1.54) is 35.6 Å². The average Bonchev–Trinajstić information content (AvgIpc) is 3.58. The molecule has 3 aromatic carbocycles. The quantitative estimate of drug-likeness (QED) is 0.0672. The molecule has 12 heteroatoms. The molecule has 0 bridgehead atoms. The Hall–Kier alpha value is -4.09. The first kappa shape index (κ1) is 25.2. The second-order valence-corrected chi connectivity index (χ2v) is 11.0. The van der Waals surface area contributed by atoms with Crippen molar-refractivity contribution in [3.63, 3.8) is 0 Å². The number of nitrogens with zero attached hydrogens (tertiary/aromatic N) is 2. The number of nitro benzene ring substituents is 1. The van der Waals surface area contributed by atoms with E-state index in [1.807, 2.05) is 24.3 Å². The fraction of sp³-hybridized carbons (Fsp3) is 0. The Balaban J connectivity index is 1.32. The Kier molecular flexibility index (Phi) is 6.40. The molecule has 0 unspecified atom stereocenters. The van der Waals surface area contributed by atoms with Gasteiger partial charge in [0.15, 0.2) is 5.70 Å². The van der Waals surface area contributed by atoms with Gasteiger partial charge in [0.05, 0.1) is 15.0 Å². The molecule has 8 nitrogen and oxygen atoms in total. The normalized spacial score (nSPS) is 14.2. The van der Waals surface area contributed by atoms with E-state index in [1.54, 1.807) is 24.3 Å². The largest absolute Gasteiger partial charge is 0.422 e. The molecule has 0 atom stereocenters. The van der Waals surface area contributed by atoms with Crippen LogP contribution in [-0.4, -0.2) is 22.8 Å². The lowest BCUT2D eigenvalue weighted by atomic mass is 10.1. The van der Waals surface area contributed by atoms with Crippen LogP contribution < -0.4 is 4.74 Å². The van der Waals surface area contributed by atoms with E-state index < -0.39 is 16.9 Å². The van der Waals surface area contributed by atoms with Gasteiger partial charge in [-0.05, 0) is 24.3 Å². The Labute approximate surface area is 237 Å². The number of rotatable bonds is 5. The van der Waals surface area contributed by atoms with Crippen molar-refractivity contribution in [2.24, 2.45) is 4.99 Å². The van der Waals surface area contributed by atoms with Crippen LogP contribution in [0.2, 0.25) is 10.0 Å². The van der Waals surface area contributed by atoms with Crippen LogP contribution in [0, 0.1) is 10.1 Å². The zero-order chi connectivity index (χ0) is 27.3. The molecule has 1 aliphatic heterocycles. The Bertz CT molecular complexity index is 1920. The molecule has 0 radical (unpaired) electrons. The lowest BCUT2D eigenvalue weighted by molar-refractivity contribution is -0.384. The summed E-state index contributed by atoms with van der Waals surface area (Å²) in [5.74, 6) is -1.17. The molecule has 0 saturated carbocycles. The highest BCUT2D eigenvalue weighted by molar-refractivity contribution is 7.22. The topological polar surface area (TPSA) is 108 Å². The molecule has 0 amide bonds. The number of non-ortho nitro benzene ring substituents is 1. The van der Waals surface area contributed by atoms with Gasteiger partial charge >= 0.3 is 11.9 Å². The van der Waals surface area contributed by atoms with Crippen LogP contribution in [0.3, 0.4) is 0 Å². The zero-order valence-corrected chi connectivity index (χ0v) is 22.5. The number of aliphatic imine (C=N–C) groups is 1. The van der Waals surface area contributed by atoms with E-state index in [9.17, 15) is 19.7 Å². The van der Waals surface area contributed by atoms with Gasteiger partial charge in [0.2, 0.25) is 5.90 Å². The average molecular weight is 595 g/mol. The monoisotopic (exact) mass is 594 g/mol. The maximum absolute atomic E-state index is 13.0. The lowest BCUT2D eigenvalue weighted by Crippen LogP contribution is -2.08. The molecular weight excluding hydrogens is 583 g/mol. The van der Waals surface area contributed by atoms with Gasteiger partial charge < -0.3 is 9.47 Å². The summed E-state index contributed by atoms with van der Waals surface area (Å²) >= 11 is 15.3. The number of hydrogen-bond donors (Lipinski definition) is 0. The van der Waals surface area contributed by atoms with Crippen LogP contribution in [0.1, 0.15) is 20.1 Å². The first-order valence-corrected chi connectivity index (χ1v) is 13.6. The Morgan fingerprint density at radius 2 is 1.72 bits per heavy atom. The molecule has 0 N–H and O–H groups in total. The highest BCUT2D eigenvalue weighted by Crippen LogP contribution is 2.40. The molecular formula is C27H12Cl2N2O6S2. The van der Waals surface area contributed by atoms with Crippen molar-refractivity contribution in [3.8, 4) is 5.75 Å². The van der Waals surface area contributed by atoms with Crippen LogP contribution in [0.4, 0.5) is 5.69 Å². The number of thiophene rings is 2. The summed E-state index contributed by atoms with van der Waals surface area (Å²) in [4.78, 5) is 41.2. The lowest BCUT2D eigenvalue weighted by Gasteiger charge is -2.07. The number of esters is 2. The van der Waals surface area contributed by atoms with E-state index in [2.05, 4.69) is 4.99 Å². The first-order valence-electron chi connectivity index (χ1n) is 11.2. The second-order valence-electron chi connectivity index (χ2n) is 8.19. The van der Waals surface area contributed by atoms with Gasteiger partial charge in [0.1, 0.15) is 15.5 Å². The minimum absolute atomic E-state index is 0.0216. The number of carbonyl (C=O) groups excluding carboxylic acids is 2. The highest BCUT2D eigenvalue weighted by atomic mass is 35.5. The molecule has 0 fully saturated rings. The molecule has 0 spiro atoms. The zero-order valence-electron chi connectivity index (χ0n) is 19.3. The smallest absolute Gasteiger partial charge is 0.363 e. The van der Waals surface area contributed by atoms with Crippen LogP contribution in [0.25, 0.3) is 26.2 Å². The number of hydrogen-bond acceptors (Lipinski definition) is 9. The van der Waals surface area contributed by atoms with Gasteiger partial charge in [-0.15, -0.1) is 22.7 Å². The third-order valence-corrected chi connectivity index (χ3v) is 9.07. The van der Waals surface area contributed by atoms with Crippen LogP contribution in [-0.2, 0) is 9.53 Å². The van der Waals surface area contributed by atoms with Crippen molar-refractivity contribution < 1.29 is 24.0 Å². The van der Waals surface area contributed by atoms with Crippen molar-refractivity contribution in [3.05, 3.63) is 108 Å². The number of para-hydroxylation sites is 1. The van der Waals surface area contributed by atoms with Crippen LogP contribution >= 0.6 is 45.9 Å². The van der Waals surface area contributed by atoms with Gasteiger partial charge in [-0.1, -0.05) is 59.6 Å². The number of cyclic esters (lactones) is 1. The summed E-state index contributed by atoms with van der Waals surface area (Å²) in [7, 11) is 0. The summed E-state index contributed by atoms with van der Waals surface area (Å²) in [6.07, 6.45) is 1.44. The molecule has 1 aliphatic rings. The van der Waals surface area contributed by atoms with Crippen molar-refractivity contribution in [1.29, 1.82) is 0 Å². The van der Waals surface area contributed by atoms with E-state index in [0.717, 1.165) is 21.4 Å². The van der Waals surface area contributed by atoms with E-state index in [4.69, 9.17) is 32.7 Å².